The van der Waals surface area contributed by atoms with E-state index < -0.39 is 55.9 Å². The van der Waals surface area contributed by atoms with Crippen LogP contribution in [0.15, 0.2) is 72.1 Å². The number of amides is 1. The van der Waals surface area contributed by atoms with Crippen molar-refractivity contribution in [3.63, 3.8) is 0 Å². The minimum atomic E-state index is -6.35. The summed E-state index contributed by atoms with van der Waals surface area (Å²) in [6.45, 7) is 0. The van der Waals surface area contributed by atoms with E-state index in [9.17, 15) is 48.3 Å². The highest BCUT2D eigenvalue weighted by Gasteiger charge is 2.73. The van der Waals surface area contributed by atoms with Crippen molar-refractivity contribution < 1.29 is 48.3 Å². The number of carbonyl (C=O) groups excluding carboxylic acids is 1. The third-order valence-electron chi connectivity index (χ3n) is 6.72. The number of hydrogen-bond donors (Lipinski definition) is 1. The SMILES string of the molecule is O=C(Cc1cncnc1)N[C@H]1C[C@@](c2ccc(C(F)(C(F)(F)F)C(F)(F)F)cc2)(S(=O)(=O)c2ccc(F)cc2)C1. The van der Waals surface area contributed by atoms with Gasteiger partial charge < -0.3 is 5.32 Å². The van der Waals surface area contributed by atoms with Gasteiger partial charge in [0.2, 0.25) is 5.91 Å². The Balaban J connectivity index is 1.68. The first-order valence-electron chi connectivity index (χ1n) is 11.5. The van der Waals surface area contributed by atoms with E-state index in [2.05, 4.69) is 15.3 Å². The van der Waals surface area contributed by atoms with Gasteiger partial charge in [0, 0.05) is 24.0 Å². The maximum Gasteiger partial charge on any atom is 0.435 e. The normalized spacial score (nSPS) is 20.1. The van der Waals surface area contributed by atoms with Gasteiger partial charge in [0.1, 0.15) is 16.9 Å². The lowest BCUT2D eigenvalue weighted by Gasteiger charge is -2.47. The molecule has 1 N–H and O–H groups in total. The molecule has 1 aliphatic rings. The first kappa shape index (κ1) is 29.4. The second kappa shape index (κ2) is 10.1. The van der Waals surface area contributed by atoms with Crippen LogP contribution in [0, 0.1) is 5.82 Å². The Morgan fingerprint density at radius 3 is 1.90 bits per heavy atom. The predicted molar refractivity (Wildman–Crippen MR) is 124 cm³/mol. The van der Waals surface area contributed by atoms with E-state index in [0.29, 0.717) is 17.7 Å². The standard InChI is InChI=1S/C25H19F8N3O3S/c26-18-5-7-20(8-6-18)40(38,39)22(10-19(11-22)36-21(37)9-15-12-34-14-35-13-15)16-1-3-17(4-2-16)23(27,24(28,29)30)25(31,32)33/h1-8,12-14,19H,9-11H2,(H,36,37)/t19-,22+. The molecule has 1 heterocycles. The van der Waals surface area contributed by atoms with Crippen LogP contribution in [0.1, 0.15) is 29.5 Å². The van der Waals surface area contributed by atoms with E-state index in [4.69, 9.17) is 0 Å². The van der Waals surface area contributed by atoms with Crippen molar-refractivity contribution in [2.24, 2.45) is 0 Å². The molecule has 6 nitrogen and oxygen atoms in total. The Morgan fingerprint density at radius 1 is 0.875 bits per heavy atom. The number of carbonyl (C=O) groups is 1. The van der Waals surface area contributed by atoms with Gasteiger partial charge in [-0.05, 0) is 48.2 Å². The number of hydrogen-bond acceptors (Lipinski definition) is 5. The highest BCUT2D eigenvalue weighted by molar-refractivity contribution is 7.92. The molecule has 0 aliphatic heterocycles. The van der Waals surface area contributed by atoms with Gasteiger partial charge in [0.15, 0.2) is 9.84 Å². The minimum Gasteiger partial charge on any atom is -0.353 e. The molecule has 3 aromatic rings. The van der Waals surface area contributed by atoms with Crippen LogP contribution < -0.4 is 5.32 Å². The zero-order valence-corrected chi connectivity index (χ0v) is 20.9. The molecule has 0 radical (unpaired) electrons. The Kier molecular flexibility index (Phi) is 7.41. The summed E-state index contributed by atoms with van der Waals surface area (Å²) >= 11 is 0. The van der Waals surface area contributed by atoms with E-state index in [-0.39, 0.29) is 41.9 Å². The molecule has 40 heavy (non-hydrogen) atoms. The maximum absolute atomic E-state index is 14.5. The molecule has 2 aromatic carbocycles. The van der Waals surface area contributed by atoms with Crippen LogP contribution in [0.5, 0.6) is 0 Å². The third-order valence-corrected chi connectivity index (χ3v) is 9.22. The summed E-state index contributed by atoms with van der Waals surface area (Å²) in [5, 5.41) is 2.62. The van der Waals surface area contributed by atoms with Crippen molar-refractivity contribution in [1.82, 2.24) is 15.3 Å². The van der Waals surface area contributed by atoms with E-state index in [1.54, 1.807) is 0 Å². The highest BCUT2D eigenvalue weighted by Crippen LogP contribution is 2.55. The molecule has 1 aromatic heterocycles. The highest BCUT2D eigenvalue weighted by atomic mass is 32.2. The van der Waals surface area contributed by atoms with Gasteiger partial charge in [-0.1, -0.05) is 24.3 Å². The van der Waals surface area contributed by atoms with Gasteiger partial charge in [-0.25, -0.2) is 27.2 Å². The third kappa shape index (κ3) is 5.02. The fraction of sp³-hybridized carbons (Fsp3) is 0.320. The number of alkyl halides is 7. The summed E-state index contributed by atoms with van der Waals surface area (Å²) in [5.41, 5.74) is -7.24. The second-order valence-electron chi connectivity index (χ2n) is 9.28. The monoisotopic (exact) mass is 593 g/mol. The summed E-state index contributed by atoms with van der Waals surface area (Å²) in [5.74, 6) is -1.26. The number of nitrogens with one attached hydrogen (secondary N) is 1. The van der Waals surface area contributed by atoms with Crippen LogP contribution in [-0.2, 0) is 31.5 Å². The van der Waals surface area contributed by atoms with Gasteiger partial charge in [0.05, 0.1) is 11.3 Å². The van der Waals surface area contributed by atoms with Gasteiger partial charge >= 0.3 is 18.0 Å². The number of halogens is 8. The predicted octanol–water partition coefficient (Wildman–Crippen LogP) is 5.10. The zero-order valence-electron chi connectivity index (χ0n) is 20.1. The van der Waals surface area contributed by atoms with Crippen LogP contribution in [0.2, 0.25) is 0 Å². The average Bonchev–Trinajstić information content (AvgIpc) is 2.85. The van der Waals surface area contributed by atoms with Crippen LogP contribution in [0.25, 0.3) is 0 Å². The molecule has 15 heteroatoms. The quantitative estimate of drug-likeness (QED) is 0.305. The van der Waals surface area contributed by atoms with E-state index in [1.165, 1.54) is 18.7 Å². The number of nitrogens with zero attached hydrogens (tertiary/aromatic N) is 2. The largest absolute Gasteiger partial charge is 0.435 e. The summed E-state index contributed by atoms with van der Waals surface area (Å²) in [6.07, 6.45) is -9.43. The number of benzene rings is 2. The lowest BCUT2D eigenvalue weighted by molar-refractivity contribution is -0.348. The molecule has 1 fully saturated rings. The van der Waals surface area contributed by atoms with Crippen molar-refractivity contribution in [3.8, 4) is 0 Å². The minimum absolute atomic E-state index is 0.142. The van der Waals surface area contributed by atoms with Crippen LogP contribution >= 0.6 is 0 Å². The molecular weight excluding hydrogens is 574 g/mol. The molecule has 214 valence electrons. The smallest absolute Gasteiger partial charge is 0.353 e. The molecule has 4 rings (SSSR count). The van der Waals surface area contributed by atoms with Gasteiger partial charge in [-0.15, -0.1) is 0 Å². The van der Waals surface area contributed by atoms with Crippen LogP contribution in [-0.4, -0.2) is 42.7 Å². The molecule has 0 atom stereocenters. The summed E-state index contributed by atoms with van der Waals surface area (Å²) < 4.78 is 133. The van der Waals surface area contributed by atoms with Gasteiger partial charge in [-0.3, -0.25) is 4.79 Å². The lowest BCUT2D eigenvalue weighted by Crippen LogP contribution is -2.57. The first-order valence-corrected chi connectivity index (χ1v) is 13.0. The molecular formula is C25H19F8N3O3S. The number of sulfone groups is 1. The topological polar surface area (TPSA) is 89.0 Å². The lowest BCUT2D eigenvalue weighted by atomic mass is 9.74. The van der Waals surface area contributed by atoms with Crippen molar-refractivity contribution >= 4 is 15.7 Å². The Bertz CT molecular complexity index is 1460. The van der Waals surface area contributed by atoms with E-state index >= 15 is 0 Å². The van der Waals surface area contributed by atoms with E-state index in [1.807, 2.05) is 0 Å². The Morgan fingerprint density at radius 2 is 1.40 bits per heavy atom. The first-order chi connectivity index (χ1) is 18.5. The zero-order chi connectivity index (χ0) is 29.6. The summed E-state index contributed by atoms with van der Waals surface area (Å²) in [4.78, 5) is 19.6. The molecule has 1 amide bonds. The molecule has 1 aliphatic carbocycles. The van der Waals surface area contributed by atoms with E-state index in [0.717, 1.165) is 24.3 Å². The molecule has 0 bridgehead atoms. The summed E-state index contributed by atoms with van der Waals surface area (Å²) in [7, 11) is -4.44. The number of aromatic nitrogens is 2. The summed E-state index contributed by atoms with van der Waals surface area (Å²) in [6, 6.07) is 4.74. The van der Waals surface area contributed by atoms with Crippen molar-refractivity contribution in [3.05, 3.63) is 89.8 Å². The van der Waals surface area contributed by atoms with Crippen LogP contribution in [0.3, 0.4) is 0 Å². The van der Waals surface area contributed by atoms with Crippen molar-refractivity contribution in [2.75, 3.05) is 0 Å². The molecule has 0 spiro atoms. The molecule has 1 saturated carbocycles. The molecule has 0 unspecified atom stereocenters. The Labute approximate surface area is 222 Å². The van der Waals surface area contributed by atoms with Gasteiger partial charge in [0.25, 0.3) is 0 Å². The fourth-order valence-electron chi connectivity index (χ4n) is 4.66. The molecule has 0 saturated heterocycles. The van der Waals surface area contributed by atoms with Crippen LogP contribution in [0.4, 0.5) is 35.1 Å². The maximum atomic E-state index is 14.5. The van der Waals surface area contributed by atoms with Gasteiger partial charge in [-0.2, -0.15) is 26.3 Å². The Hall–Kier alpha value is -3.62. The van der Waals surface area contributed by atoms with Crippen molar-refractivity contribution in [2.45, 2.75) is 53.0 Å². The number of rotatable bonds is 7. The average molecular weight is 593 g/mol. The van der Waals surface area contributed by atoms with Crippen molar-refractivity contribution in [1.29, 1.82) is 0 Å². The second-order valence-corrected chi connectivity index (χ2v) is 11.5. The fourth-order valence-corrected chi connectivity index (χ4v) is 6.90.